The number of nitrogens with two attached hydrogens (primary N) is 1. The Hall–Kier alpha value is -2.06. The second-order valence-corrected chi connectivity index (χ2v) is 7.53. The van der Waals surface area contributed by atoms with E-state index in [0.29, 0.717) is 35.6 Å². The Bertz CT molecular complexity index is 791. The molecule has 9 heteroatoms. The molecule has 28 heavy (non-hydrogen) atoms. The van der Waals surface area contributed by atoms with Gasteiger partial charge in [0.1, 0.15) is 11.4 Å². The van der Waals surface area contributed by atoms with Crippen LogP contribution in [0.2, 0.25) is 5.02 Å². The van der Waals surface area contributed by atoms with Gasteiger partial charge in [0, 0.05) is 23.5 Å². The number of aromatic nitrogens is 2. The number of nitrogens with zero attached hydrogens (tertiary/aromatic N) is 2. The Morgan fingerprint density at radius 3 is 2.50 bits per heavy atom. The molecule has 0 aliphatic heterocycles. The molecule has 1 aliphatic rings. The summed E-state index contributed by atoms with van der Waals surface area (Å²) in [6.45, 7) is 1.11. The summed E-state index contributed by atoms with van der Waals surface area (Å²) < 4.78 is 40.1. The molecule has 4 N–H and O–H groups in total. The number of alkyl halides is 3. The van der Waals surface area contributed by atoms with Gasteiger partial charge in [-0.3, -0.25) is 0 Å². The van der Waals surface area contributed by atoms with Gasteiger partial charge in [0.2, 0.25) is 5.95 Å². The van der Waals surface area contributed by atoms with Crippen molar-refractivity contribution in [3.63, 3.8) is 0 Å². The number of hydrogen-bond donors (Lipinski definition) is 3. The molecule has 0 saturated heterocycles. The molecule has 1 aromatic heterocycles. The van der Waals surface area contributed by atoms with Crippen molar-refractivity contribution < 1.29 is 13.2 Å². The zero-order valence-electron chi connectivity index (χ0n) is 15.3. The van der Waals surface area contributed by atoms with Gasteiger partial charge in [-0.1, -0.05) is 17.7 Å². The Balaban J connectivity index is 1.73. The highest BCUT2D eigenvalue weighted by atomic mass is 35.5. The average molecular weight is 414 g/mol. The fraction of sp³-hybridized carbons (Fsp3) is 0.474. The normalized spacial score (nSPS) is 20.0. The monoisotopic (exact) mass is 413 g/mol. The standard InChI is InChI=1S/C19H23ClF3N5/c20-14-2-1-3-15(8-14)27-18-26-11-16(19(21,22)23)17(28-18)25-10-13-6-4-12(9-24)5-7-13/h1-3,8,11-13H,4-7,9-10,24H2,(H2,25,26,27,28). The second kappa shape index (κ2) is 8.96. The highest BCUT2D eigenvalue weighted by Gasteiger charge is 2.35. The molecule has 2 aromatic rings. The van der Waals surface area contributed by atoms with Crippen LogP contribution in [-0.4, -0.2) is 23.1 Å². The second-order valence-electron chi connectivity index (χ2n) is 7.09. The molecule has 0 atom stereocenters. The summed E-state index contributed by atoms with van der Waals surface area (Å²) >= 11 is 5.93. The van der Waals surface area contributed by atoms with Crippen molar-refractivity contribution in [2.45, 2.75) is 31.9 Å². The lowest BCUT2D eigenvalue weighted by molar-refractivity contribution is -0.137. The van der Waals surface area contributed by atoms with Crippen molar-refractivity contribution in [3.8, 4) is 0 Å². The molecule has 5 nitrogen and oxygen atoms in total. The SMILES string of the molecule is NCC1CCC(CNc2nc(Nc3cccc(Cl)c3)ncc2C(F)(F)F)CC1. The van der Waals surface area contributed by atoms with E-state index >= 15 is 0 Å². The van der Waals surface area contributed by atoms with Gasteiger partial charge in [-0.15, -0.1) is 0 Å². The van der Waals surface area contributed by atoms with Crippen LogP contribution in [0.1, 0.15) is 31.2 Å². The molecule has 1 aromatic carbocycles. The third-order valence-electron chi connectivity index (χ3n) is 5.03. The van der Waals surface area contributed by atoms with Crippen LogP contribution in [0.5, 0.6) is 0 Å². The lowest BCUT2D eigenvalue weighted by Gasteiger charge is -2.28. The molecular formula is C19H23ClF3N5. The maximum absolute atomic E-state index is 13.4. The van der Waals surface area contributed by atoms with Gasteiger partial charge in [0.25, 0.3) is 0 Å². The first kappa shape index (κ1) is 20.7. The van der Waals surface area contributed by atoms with Crippen LogP contribution in [-0.2, 0) is 6.18 Å². The van der Waals surface area contributed by atoms with Crippen molar-refractivity contribution in [1.82, 2.24) is 9.97 Å². The van der Waals surface area contributed by atoms with E-state index in [-0.39, 0.29) is 11.8 Å². The molecule has 0 spiro atoms. The Kier molecular flexibility index (Phi) is 6.61. The van der Waals surface area contributed by atoms with Crippen LogP contribution in [0, 0.1) is 11.8 Å². The van der Waals surface area contributed by atoms with E-state index < -0.39 is 11.7 Å². The average Bonchev–Trinajstić information content (AvgIpc) is 2.66. The minimum absolute atomic E-state index is 0.0737. The van der Waals surface area contributed by atoms with Gasteiger partial charge in [-0.25, -0.2) is 4.98 Å². The molecule has 3 rings (SSSR count). The summed E-state index contributed by atoms with van der Waals surface area (Å²) in [6, 6.07) is 6.81. The molecule has 1 fully saturated rings. The molecule has 1 heterocycles. The number of rotatable bonds is 6. The van der Waals surface area contributed by atoms with Crippen LogP contribution in [0.15, 0.2) is 30.5 Å². The molecule has 152 valence electrons. The molecule has 0 radical (unpaired) electrons. The topological polar surface area (TPSA) is 75.9 Å². The van der Waals surface area contributed by atoms with Crippen LogP contribution in [0.4, 0.5) is 30.6 Å². The molecule has 1 saturated carbocycles. The van der Waals surface area contributed by atoms with Crippen molar-refractivity contribution in [2.75, 3.05) is 23.7 Å². The molecule has 0 unspecified atom stereocenters. The van der Waals surface area contributed by atoms with E-state index in [1.165, 1.54) is 0 Å². The zero-order valence-corrected chi connectivity index (χ0v) is 16.0. The van der Waals surface area contributed by atoms with Crippen LogP contribution < -0.4 is 16.4 Å². The smallest absolute Gasteiger partial charge is 0.369 e. The maximum Gasteiger partial charge on any atom is 0.421 e. The zero-order chi connectivity index (χ0) is 20.1. The van der Waals surface area contributed by atoms with E-state index in [4.69, 9.17) is 17.3 Å². The number of halogens is 4. The first-order valence-corrected chi connectivity index (χ1v) is 9.63. The quantitative estimate of drug-likeness (QED) is 0.616. The number of benzene rings is 1. The predicted molar refractivity (Wildman–Crippen MR) is 105 cm³/mol. The summed E-state index contributed by atoms with van der Waals surface area (Å²) in [4.78, 5) is 7.87. The minimum Gasteiger partial charge on any atom is -0.369 e. The van der Waals surface area contributed by atoms with Crippen molar-refractivity contribution in [1.29, 1.82) is 0 Å². The van der Waals surface area contributed by atoms with Gasteiger partial charge in [-0.2, -0.15) is 18.2 Å². The third kappa shape index (κ3) is 5.48. The van der Waals surface area contributed by atoms with Gasteiger partial charge >= 0.3 is 6.18 Å². The summed E-state index contributed by atoms with van der Waals surface area (Å²) in [6.07, 6.45) is 0.201. The Morgan fingerprint density at radius 1 is 1.14 bits per heavy atom. The highest BCUT2D eigenvalue weighted by Crippen LogP contribution is 2.35. The Labute approximate surface area is 166 Å². The number of anilines is 3. The third-order valence-corrected chi connectivity index (χ3v) is 5.27. The Morgan fingerprint density at radius 2 is 1.86 bits per heavy atom. The number of nitrogens with one attached hydrogen (secondary N) is 2. The van der Waals surface area contributed by atoms with Crippen molar-refractivity contribution in [3.05, 3.63) is 41.0 Å². The van der Waals surface area contributed by atoms with Crippen LogP contribution >= 0.6 is 11.6 Å². The van der Waals surface area contributed by atoms with Gasteiger partial charge in [0.15, 0.2) is 0 Å². The summed E-state index contributed by atoms with van der Waals surface area (Å²) in [5.74, 6) is 0.690. The number of hydrogen-bond acceptors (Lipinski definition) is 5. The van der Waals surface area contributed by atoms with E-state index in [2.05, 4.69) is 20.6 Å². The molecule has 1 aliphatic carbocycles. The van der Waals surface area contributed by atoms with E-state index in [1.54, 1.807) is 24.3 Å². The van der Waals surface area contributed by atoms with Crippen molar-refractivity contribution >= 4 is 29.1 Å². The van der Waals surface area contributed by atoms with Gasteiger partial charge in [0.05, 0.1) is 0 Å². The molecule has 0 bridgehead atoms. The van der Waals surface area contributed by atoms with E-state index in [9.17, 15) is 13.2 Å². The van der Waals surface area contributed by atoms with Crippen LogP contribution in [0.3, 0.4) is 0 Å². The maximum atomic E-state index is 13.4. The molecule has 0 amide bonds. The fourth-order valence-electron chi connectivity index (χ4n) is 3.39. The van der Waals surface area contributed by atoms with Gasteiger partial charge in [-0.05, 0) is 62.3 Å². The predicted octanol–water partition coefficient (Wildman–Crippen LogP) is 5.07. The molecular weight excluding hydrogens is 391 g/mol. The summed E-state index contributed by atoms with van der Waals surface area (Å²) in [7, 11) is 0. The van der Waals surface area contributed by atoms with E-state index in [0.717, 1.165) is 31.9 Å². The summed E-state index contributed by atoms with van der Waals surface area (Å²) in [5, 5.41) is 6.28. The van der Waals surface area contributed by atoms with Crippen LogP contribution in [0.25, 0.3) is 0 Å². The lowest BCUT2D eigenvalue weighted by Crippen LogP contribution is -2.26. The first-order chi connectivity index (χ1) is 13.3. The lowest BCUT2D eigenvalue weighted by atomic mass is 9.82. The van der Waals surface area contributed by atoms with Gasteiger partial charge < -0.3 is 16.4 Å². The largest absolute Gasteiger partial charge is 0.421 e. The summed E-state index contributed by atoms with van der Waals surface area (Å²) in [5.41, 5.74) is 5.42. The fourth-order valence-corrected chi connectivity index (χ4v) is 3.58. The van der Waals surface area contributed by atoms with E-state index in [1.807, 2.05) is 0 Å². The highest BCUT2D eigenvalue weighted by molar-refractivity contribution is 6.30. The van der Waals surface area contributed by atoms with Crippen molar-refractivity contribution in [2.24, 2.45) is 17.6 Å². The first-order valence-electron chi connectivity index (χ1n) is 9.26. The minimum atomic E-state index is -4.53.